The highest BCUT2D eigenvalue weighted by Gasteiger charge is 2.26. The monoisotopic (exact) mass is 578 g/mol. The third-order valence-corrected chi connectivity index (χ3v) is 7.65. The third-order valence-electron chi connectivity index (χ3n) is 7.65. The van der Waals surface area contributed by atoms with Crippen LogP contribution in [0.1, 0.15) is 43.9 Å². The molecule has 0 saturated heterocycles. The maximum atomic E-state index is 14.6. The van der Waals surface area contributed by atoms with Crippen molar-refractivity contribution in [2.75, 3.05) is 13.7 Å². The van der Waals surface area contributed by atoms with Gasteiger partial charge in [0.2, 0.25) is 0 Å². The van der Waals surface area contributed by atoms with Crippen LogP contribution in [0.15, 0.2) is 73.1 Å². The van der Waals surface area contributed by atoms with E-state index in [0.717, 1.165) is 63.2 Å². The van der Waals surface area contributed by atoms with Crippen LogP contribution in [0.4, 0.5) is 4.39 Å². The molecule has 0 spiro atoms. The predicted molar refractivity (Wildman–Crippen MR) is 166 cm³/mol. The van der Waals surface area contributed by atoms with Gasteiger partial charge in [-0.05, 0) is 81.0 Å². The van der Waals surface area contributed by atoms with E-state index >= 15 is 0 Å². The van der Waals surface area contributed by atoms with Crippen LogP contribution in [0, 0.1) is 12.7 Å². The number of carbonyl (C=O) groups is 1. The number of ether oxygens (including phenoxy) is 3. The molecule has 1 aliphatic rings. The Morgan fingerprint density at radius 2 is 1.81 bits per heavy atom. The summed E-state index contributed by atoms with van der Waals surface area (Å²) in [4.78, 5) is 17.8. The smallest absolute Gasteiger partial charge is 0.310 e. The first kappa shape index (κ1) is 28.5. The lowest BCUT2D eigenvalue weighted by atomic mass is 9.92. The molecule has 0 amide bonds. The summed E-state index contributed by atoms with van der Waals surface area (Å²) in [7, 11) is 1.40. The summed E-state index contributed by atoms with van der Waals surface area (Å²) in [5.74, 6) is 0.875. The van der Waals surface area contributed by atoms with Crippen molar-refractivity contribution in [2.24, 2.45) is 0 Å². The van der Waals surface area contributed by atoms with Crippen LogP contribution in [-0.4, -0.2) is 34.7 Å². The highest BCUT2D eigenvalue weighted by atomic mass is 19.1. The molecule has 43 heavy (non-hydrogen) atoms. The molecular weight excluding hydrogens is 543 g/mol. The van der Waals surface area contributed by atoms with Crippen molar-refractivity contribution in [1.29, 1.82) is 0 Å². The second kappa shape index (κ2) is 11.2. The predicted octanol–water partition coefficient (Wildman–Crippen LogP) is 8.00. The Morgan fingerprint density at radius 3 is 2.58 bits per heavy atom. The highest BCUT2D eigenvalue weighted by Crippen LogP contribution is 2.44. The van der Waals surface area contributed by atoms with Gasteiger partial charge in [-0.3, -0.25) is 4.79 Å². The minimum absolute atomic E-state index is 0.0850. The quantitative estimate of drug-likeness (QED) is 0.191. The lowest BCUT2D eigenvalue weighted by molar-refractivity contribution is -0.139. The summed E-state index contributed by atoms with van der Waals surface area (Å²) < 4.78 is 34.3. The zero-order chi connectivity index (χ0) is 30.3. The van der Waals surface area contributed by atoms with Gasteiger partial charge in [0.1, 0.15) is 28.6 Å². The topological polar surface area (TPSA) is 62.1 Å². The number of imidazole rings is 1. The number of hydrogen-bond donors (Lipinski definition) is 0. The molecule has 0 atom stereocenters. The fourth-order valence-corrected chi connectivity index (χ4v) is 5.69. The molecule has 0 saturated carbocycles. The Bertz CT molecular complexity index is 1850. The molecule has 0 aliphatic carbocycles. The number of methoxy groups -OCH3 is 1. The van der Waals surface area contributed by atoms with Gasteiger partial charge in [-0.25, -0.2) is 9.37 Å². The maximum Gasteiger partial charge on any atom is 0.310 e. The molecule has 0 fully saturated rings. The lowest BCUT2D eigenvalue weighted by Gasteiger charge is -2.27. The number of fused-ring (bicyclic) bond motifs is 2. The summed E-state index contributed by atoms with van der Waals surface area (Å²) in [6, 6.07) is 18.6. The number of pyridine rings is 1. The Balaban J connectivity index is 1.59. The molecule has 0 radical (unpaired) electrons. The second-order valence-corrected chi connectivity index (χ2v) is 12.0. The number of carbonyl (C=O) groups excluding carboxylic acids is 1. The lowest BCUT2D eigenvalue weighted by Crippen LogP contribution is -2.24. The maximum absolute atomic E-state index is 14.6. The molecule has 7 heteroatoms. The second-order valence-electron chi connectivity index (χ2n) is 12.0. The van der Waals surface area contributed by atoms with Gasteiger partial charge in [-0.15, -0.1) is 0 Å². The minimum atomic E-state index is -0.478. The van der Waals surface area contributed by atoms with Crippen LogP contribution in [0.2, 0.25) is 0 Å². The number of hydrogen-bond acceptors (Lipinski definition) is 5. The minimum Gasteiger partial charge on any atom is -0.493 e. The third kappa shape index (κ3) is 5.72. The number of rotatable bonds is 6. The van der Waals surface area contributed by atoms with Gasteiger partial charge in [-0.2, -0.15) is 0 Å². The zero-order valence-electron chi connectivity index (χ0n) is 25.2. The molecule has 6 nitrogen and oxygen atoms in total. The fraction of sp³-hybridized carbons (Fsp3) is 0.278. The van der Waals surface area contributed by atoms with Gasteiger partial charge in [0.15, 0.2) is 0 Å². The van der Waals surface area contributed by atoms with Crippen LogP contribution in [0.3, 0.4) is 0 Å². The molecule has 0 unspecified atom stereocenters. The number of benzene rings is 3. The molecular formula is C36H35FN2O4. The number of halogens is 1. The first-order valence-electron chi connectivity index (χ1n) is 14.5. The Morgan fingerprint density at radius 1 is 1.02 bits per heavy atom. The summed E-state index contributed by atoms with van der Waals surface area (Å²) in [6.45, 7) is 8.68. The fourth-order valence-electron chi connectivity index (χ4n) is 5.69. The average Bonchev–Trinajstić information content (AvgIpc) is 3.40. The van der Waals surface area contributed by atoms with Crippen molar-refractivity contribution >= 4 is 11.6 Å². The van der Waals surface area contributed by atoms with Crippen molar-refractivity contribution in [3.63, 3.8) is 0 Å². The average molecular weight is 579 g/mol. The number of aryl methyl sites for hydroxylation is 2. The molecule has 220 valence electrons. The van der Waals surface area contributed by atoms with E-state index in [0.29, 0.717) is 23.6 Å². The molecule has 0 N–H and O–H groups in total. The molecule has 1 aliphatic heterocycles. The van der Waals surface area contributed by atoms with Gasteiger partial charge >= 0.3 is 5.97 Å². The Kier molecular flexibility index (Phi) is 7.42. The largest absolute Gasteiger partial charge is 0.493 e. The van der Waals surface area contributed by atoms with E-state index in [9.17, 15) is 9.18 Å². The number of nitrogens with zero attached hydrogens (tertiary/aromatic N) is 2. The van der Waals surface area contributed by atoms with E-state index < -0.39 is 5.60 Å². The standard InChI is InChI=1S/C36H35FN2O4/c1-22-20-39-21-30(24-11-8-10-23(16-24)26-13-6-7-14-29(26)37)38-35(39)34(27(22)18-33(40)41-5)28-17-25-12-9-15-42-31(25)19-32(28)43-36(2,3)4/h6-8,10-11,13-14,16-17,19-21H,9,12,15,18H2,1-5H3. The van der Waals surface area contributed by atoms with Crippen molar-refractivity contribution in [3.05, 3.63) is 95.6 Å². The van der Waals surface area contributed by atoms with Crippen molar-refractivity contribution in [2.45, 2.75) is 52.6 Å². The van der Waals surface area contributed by atoms with E-state index in [4.69, 9.17) is 19.2 Å². The van der Waals surface area contributed by atoms with Crippen molar-refractivity contribution in [1.82, 2.24) is 9.38 Å². The first-order chi connectivity index (χ1) is 20.6. The van der Waals surface area contributed by atoms with Gasteiger partial charge in [0.25, 0.3) is 0 Å². The van der Waals surface area contributed by atoms with E-state index in [1.54, 1.807) is 12.1 Å². The van der Waals surface area contributed by atoms with Gasteiger partial charge in [0.05, 0.1) is 25.8 Å². The molecule has 5 aromatic rings. The van der Waals surface area contributed by atoms with E-state index in [1.165, 1.54) is 13.2 Å². The zero-order valence-corrected chi connectivity index (χ0v) is 25.2. The highest BCUT2D eigenvalue weighted by molar-refractivity contribution is 5.90. The number of aromatic nitrogens is 2. The van der Waals surface area contributed by atoms with E-state index in [-0.39, 0.29) is 18.2 Å². The molecule has 2 aromatic heterocycles. The summed E-state index contributed by atoms with van der Waals surface area (Å²) >= 11 is 0. The van der Waals surface area contributed by atoms with Gasteiger partial charge in [-0.1, -0.05) is 36.4 Å². The molecule has 0 bridgehead atoms. The SMILES string of the molecule is COC(=O)Cc1c(C)cn2cc(-c3cccc(-c4ccccc4F)c3)nc2c1-c1cc2c(cc1OC(C)(C)C)OCCC2. The molecule has 3 aromatic carbocycles. The Hall–Kier alpha value is -4.65. The molecule has 6 rings (SSSR count). The normalized spacial score (nSPS) is 13.0. The summed E-state index contributed by atoms with van der Waals surface area (Å²) in [5.41, 5.74) is 7.60. The van der Waals surface area contributed by atoms with Crippen LogP contribution in [0.5, 0.6) is 11.5 Å². The Labute approximate surface area is 251 Å². The first-order valence-corrected chi connectivity index (χ1v) is 14.5. The summed E-state index contributed by atoms with van der Waals surface area (Å²) in [6.07, 6.45) is 5.85. The van der Waals surface area contributed by atoms with Gasteiger partial charge < -0.3 is 18.6 Å². The van der Waals surface area contributed by atoms with E-state index in [1.807, 2.05) is 80.9 Å². The number of esters is 1. The molecule has 3 heterocycles. The van der Waals surface area contributed by atoms with Crippen LogP contribution >= 0.6 is 0 Å². The van der Waals surface area contributed by atoms with E-state index in [2.05, 4.69) is 6.07 Å². The van der Waals surface area contributed by atoms with Crippen LogP contribution in [0.25, 0.3) is 39.2 Å². The van der Waals surface area contributed by atoms with Crippen LogP contribution in [-0.2, 0) is 22.4 Å². The van der Waals surface area contributed by atoms with Crippen molar-refractivity contribution in [3.8, 4) is 45.0 Å². The van der Waals surface area contributed by atoms with Crippen molar-refractivity contribution < 1.29 is 23.4 Å². The van der Waals surface area contributed by atoms with Crippen LogP contribution < -0.4 is 9.47 Å². The summed E-state index contributed by atoms with van der Waals surface area (Å²) in [5, 5.41) is 0. The van der Waals surface area contributed by atoms with Gasteiger partial charge in [0, 0.05) is 40.7 Å².